The van der Waals surface area contributed by atoms with Gasteiger partial charge in [0.2, 0.25) is 5.91 Å². The van der Waals surface area contributed by atoms with E-state index in [0.717, 1.165) is 14.9 Å². The minimum Gasteiger partial charge on any atom is -0.494 e. The molecule has 0 aliphatic carbocycles. The minimum absolute atomic E-state index is 0.342. The van der Waals surface area contributed by atoms with E-state index in [1.165, 1.54) is 9.91 Å². The standard InChI is InChI=1S/C27H24BrN3O4S/c1-3-35-20-11-9-19(10-12-20)30-26(33)22-23(16-7-13-21(36-2)14-8-16)29-31(24(22)27(30)34)25(32)17-5-4-6-18(28)15-17/h4-15,22-24,29H,3H2,1-2H3/t22-,23+,24+/m1/s1. The van der Waals surface area contributed by atoms with Gasteiger partial charge in [-0.05, 0) is 73.3 Å². The zero-order chi connectivity index (χ0) is 25.4. The van der Waals surface area contributed by atoms with Crippen molar-refractivity contribution >= 4 is 51.1 Å². The van der Waals surface area contributed by atoms with Gasteiger partial charge in [-0.25, -0.2) is 10.3 Å². The van der Waals surface area contributed by atoms with E-state index in [-0.39, 0.29) is 11.8 Å². The van der Waals surface area contributed by atoms with E-state index in [9.17, 15) is 14.4 Å². The summed E-state index contributed by atoms with van der Waals surface area (Å²) >= 11 is 5.02. The average molecular weight is 566 g/mol. The number of hydrogen-bond acceptors (Lipinski definition) is 6. The van der Waals surface area contributed by atoms with Gasteiger partial charge in [0.1, 0.15) is 11.8 Å². The number of thioether (sulfide) groups is 1. The molecule has 3 aromatic rings. The van der Waals surface area contributed by atoms with Crippen molar-refractivity contribution in [2.75, 3.05) is 17.8 Å². The zero-order valence-electron chi connectivity index (χ0n) is 19.7. The summed E-state index contributed by atoms with van der Waals surface area (Å²) in [5.74, 6) is -1.26. The predicted octanol–water partition coefficient (Wildman–Crippen LogP) is 4.83. The molecular formula is C27H24BrN3O4S. The first-order valence-electron chi connectivity index (χ1n) is 11.5. The van der Waals surface area contributed by atoms with Gasteiger partial charge in [0.15, 0.2) is 0 Å². The van der Waals surface area contributed by atoms with Crippen molar-refractivity contribution in [3.8, 4) is 5.75 Å². The van der Waals surface area contributed by atoms with Gasteiger partial charge in [0.05, 0.1) is 24.3 Å². The number of fused-ring (bicyclic) bond motifs is 1. The van der Waals surface area contributed by atoms with Crippen LogP contribution in [-0.4, -0.2) is 41.6 Å². The van der Waals surface area contributed by atoms with Gasteiger partial charge >= 0.3 is 0 Å². The number of nitrogens with one attached hydrogen (secondary N) is 1. The molecule has 0 bridgehead atoms. The predicted molar refractivity (Wildman–Crippen MR) is 142 cm³/mol. The molecule has 1 N–H and O–H groups in total. The molecule has 9 heteroatoms. The first-order valence-corrected chi connectivity index (χ1v) is 13.5. The van der Waals surface area contributed by atoms with E-state index >= 15 is 0 Å². The number of nitrogens with zero attached hydrogens (tertiary/aromatic N) is 2. The fraction of sp³-hybridized carbons (Fsp3) is 0.222. The number of carbonyl (C=O) groups excluding carboxylic acids is 3. The van der Waals surface area contributed by atoms with Crippen molar-refractivity contribution in [3.63, 3.8) is 0 Å². The first-order chi connectivity index (χ1) is 17.4. The molecule has 0 radical (unpaired) electrons. The van der Waals surface area contributed by atoms with E-state index in [1.807, 2.05) is 43.5 Å². The Kier molecular flexibility index (Phi) is 6.87. The minimum atomic E-state index is -0.972. The maximum atomic E-state index is 13.8. The number of rotatable bonds is 6. The monoisotopic (exact) mass is 565 g/mol. The molecule has 0 saturated carbocycles. The van der Waals surface area contributed by atoms with Gasteiger partial charge in [-0.2, -0.15) is 0 Å². The number of carbonyl (C=O) groups is 3. The van der Waals surface area contributed by atoms with Gasteiger partial charge in [0, 0.05) is 14.9 Å². The highest BCUT2D eigenvalue weighted by atomic mass is 79.9. The second-order valence-electron chi connectivity index (χ2n) is 8.47. The van der Waals surface area contributed by atoms with Crippen LogP contribution in [-0.2, 0) is 9.59 Å². The molecule has 3 aromatic carbocycles. The Morgan fingerprint density at radius 2 is 1.75 bits per heavy atom. The molecule has 2 aliphatic heterocycles. The summed E-state index contributed by atoms with van der Waals surface area (Å²) in [5.41, 5.74) is 4.90. The second-order valence-corrected chi connectivity index (χ2v) is 10.3. The number of benzene rings is 3. The van der Waals surface area contributed by atoms with Crippen molar-refractivity contribution in [1.29, 1.82) is 0 Å². The SMILES string of the molecule is CCOc1ccc(N2C(=O)[C@H]3[C@@H](C2=O)N(C(=O)c2cccc(Br)c2)N[C@H]3c2ccc(SC)cc2)cc1. The van der Waals surface area contributed by atoms with E-state index in [2.05, 4.69) is 21.4 Å². The zero-order valence-corrected chi connectivity index (χ0v) is 22.1. The summed E-state index contributed by atoms with van der Waals surface area (Å²) in [6, 6.07) is 20.1. The Bertz CT molecular complexity index is 1320. The van der Waals surface area contributed by atoms with Crippen molar-refractivity contribution in [3.05, 3.63) is 88.4 Å². The maximum Gasteiger partial charge on any atom is 0.268 e. The first kappa shape index (κ1) is 24.5. The highest BCUT2D eigenvalue weighted by molar-refractivity contribution is 9.10. The summed E-state index contributed by atoms with van der Waals surface area (Å²) in [6.45, 7) is 2.40. The number of amides is 3. The molecule has 2 saturated heterocycles. The van der Waals surface area contributed by atoms with Crippen LogP contribution in [0.4, 0.5) is 5.69 Å². The quantitative estimate of drug-likeness (QED) is 0.340. The Morgan fingerprint density at radius 1 is 1.03 bits per heavy atom. The van der Waals surface area contributed by atoms with Crippen molar-refractivity contribution in [2.24, 2.45) is 5.92 Å². The lowest BCUT2D eigenvalue weighted by molar-refractivity contribution is -0.123. The molecule has 2 heterocycles. The topological polar surface area (TPSA) is 79.0 Å². The van der Waals surface area contributed by atoms with E-state index in [4.69, 9.17) is 4.74 Å². The van der Waals surface area contributed by atoms with Gasteiger partial charge < -0.3 is 4.74 Å². The number of halogens is 1. The van der Waals surface area contributed by atoms with Gasteiger partial charge in [-0.15, -0.1) is 11.8 Å². The van der Waals surface area contributed by atoms with Crippen LogP contribution in [0.1, 0.15) is 28.9 Å². The molecule has 7 nitrogen and oxygen atoms in total. The van der Waals surface area contributed by atoms with Gasteiger partial charge in [-0.1, -0.05) is 34.1 Å². The lowest BCUT2D eigenvalue weighted by atomic mass is 9.91. The highest BCUT2D eigenvalue weighted by Crippen LogP contribution is 2.42. The van der Waals surface area contributed by atoms with Crippen molar-refractivity contribution in [2.45, 2.75) is 23.9 Å². The molecule has 3 amide bonds. The van der Waals surface area contributed by atoms with Gasteiger partial charge in [-0.3, -0.25) is 19.4 Å². The third kappa shape index (κ3) is 4.31. The lowest BCUT2D eigenvalue weighted by Crippen LogP contribution is -2.48. The summed E-state index contributed by atoms with van der Waals surface area (Å²) in [7, 11) is 0. The van der Waals surface area contributed by atoms with Crippen LogP contribution in [0.25, 0.3) is 0 Å². The number of ether oxygens (including phenoxy) is 1. The van der Waals surface area contributed by atoms with Crippen LogP contribution in [0, 0.1) is 5.92 Å². The molecule has 2 fully saturated rings. The molecule has 0 unspecified atom stereocenters. The van der Waals surface area contributed by atoms with Gasteiger partial charge in [0.25, 0.3) is 11.8 Å². The number of hydrazine groups is 1. The molecule has 0 spiro atoms. The molecule has 3 atom stereocenters. The molecule has 36 heavy (non-hydrogen) atoms. The Hall–Kier alpha value is -3.14. The molecule has 5 rings (SSSR count). The Labute approximate surface area is 221 Å². The maximum absolute atomic E-state index is 13.8. The number of imide groups is 1. The molecular weight excluding hydrogens is 542 g/mol. The Morgan fingerprint density at radius 3 is 2.39 bits per heavy atom. The Balaban J connectivity index is 1.54. The van der Waals surface area contributed by atoms with Crippen LogP contribution >= 0.6 is 27.7 Å². The fourth-order valence-corrected chi connectivity index (χ4v) is 5.54. The van der Waals surface area contributed by atoms with Crippen molar-refractivity contribution < 1.29 is 19.1 Å². The molecule has 184 valence electrons. The highest BCUT2D eigenvalue weighted by Gasteiger charge is 2.60. The number of hydrogen-bond donors (Lipinski definition) is 1. The summed E-state index contributed by atoms with van der Waals surface area (Å²) in [5, 5.41) is 1.33. The van der Waals surface area contributed by atoms with Crippen molar-refractivity contribution in [1.82, 2.24) is 10.4 Å². The average Bonchev–Trinajstić information content (AvgIpc) is 3.41. The lowest BCUT2D eigenvalue weighted by Gasteiger charge is -2.25. The van der Waals surface area contributed by atoms with E-state index < -0.39 is 23.9 Å². The van der Waals surface area contributed by atoms with Crippen LogP contribution in [0.5, 0.6) is 5.75 Å². The fourth-order valence-electron chi connectivity index (χ4n) is 4.74. The van der Waals surface area contributed by atoms with Crippen LogP contribution in [0.3, 0.4) is 0 Å². The summed E-state index contributed by atoms with van der Waals surface area (Å²) < 4.78 is 6.24. The molecule has 2 aliphatic rings. The summed E-state index contributed by atoms with van der Waals surface area (Å²) in [6.07, 6.45) is 1.99. The van der Waals surface area contributed by atoms with E-state index in [1.54, 1.807) is 54.2 Å². The molecule has 0 aromatic heterocycles. The second kappa shape index (κ2) is 10.1. The van der Waals surface area contributed by atoms with Crippen LogP contribution in [0.15, 0.2) is 82.2 Å². The third-order valence-corrected chi connectivity index (χ3v) is 7.64. The number of anilines is 1. The van der Waals surface area contributed by atoms with E-state index in [0.29, 0.717) is 23.6 Å². The summed E-state index contributed by atoms with van der Waals surface area (Å²) in [4.78, 5) is 43.3. The van der Waals surface area contributed by atoms with Crippen LogP contribution in [0.2, 0.25) is 0 Å². The van der Waals surface area contributed by atoms with Crippen LogP contribution < -0.4 is 15.1 Å². The largest absolute Gasteiger partial charge is 0.494 e. The third-order valence-electron chi connectivity index (χ3n) is 6.41. The smallest absolute Gasteiger partial charge is 0.268 e. The normalized spacial score (nSPS) is 21.1.